The molecule has 0 amide bonds. The Balaban J connectivity index is 2.26. The lowest BCUT2D eigenvalue weighted by Crippen LogP contribution is -2.22. The molecule has 74 valence electrons. The van der Waals surface area contributed by atoms with Crippen LogP contribution in [-0.4, -0.2) is 5.78 Å². The predicted octanol–water partition coefficient (Wildman–Crippen LogP) is 2.91. The van der Waals surface area contributed by atoms with Gasteiger partial charge < -0.3 is 5.73 Å². The maximum absolute atomic E-state index is 11.8. The van der Waals surface area contributed by atoms with Gasteiger partial charge in [0.05, 0.1) is 0 Å². The van der Waals surface area contributed by atoms with Gasteiger partial charge in [0.25, 0.3) is 0 Å². The number of hydrogen-bond acceptors (Lipinski definition) is 2. The molecule has 2 rings (SSSR count). The lowest BCUT2D eigenvalue weighted by atomic mass is 9.79. The molecule has 0 aliphatic heterocycles. The van der Waals surface area contributed by atoms with E-state index in [0.717, 1.165) is 19.3 Å². The van der Waals surface area contributed by atoms with E-state index in [2.05, 4.69) is 0 Å². The zero-order valence-electron chi connectivity index (χ0n) is 7.79. The quantitative estimate of drug-likeness (QED) is 0.601. The van der Waals surface area contributed by atoms with Gasteiger partial charge in [-0.25, -0.2) is 0 Å². The molecule has 1 fully saturated rings. The minimum atomic E-state index is 0.172. The highest BCUT2D eigenvalue weighted by molar-refractivity contribution is 6.31. The van der Waals surface area contributed by atoms with E-state index in [-0.39, 0.29) is 11.7 Å². The summed E-state index contributed by atoms with van der Waals surface area (Å²) in [5.74, 6) is 0.365. The predicted molar refractivity (Wildman–Crippen MR) is 57.5 cm³/mol. The summed E-state index contributed by atoms with van der Waals surface area (Å²) < 4.78 is 0. The highest BCUT2D eigenvalue weighted by Crippen LogP contribution is 2.31. The van der Waals surface area contributed by atoms with Crippen molar-refractivity contribution in [1.29, 1.82) is 0 Å². The molecule has 3 heteroatoms. The zero-order valence-corrected chi connectivity index (χ0v) is 8.55. The first-order valence-electron chi connectivity index (χ1n) is 4.77. The van der Waals surface area contributed by atoms with Crippen LogP contribution in [0.3, 0.4) is 0 Å². The van der Waals surface area contributed by atoms with E-state index < -0.39 is 0 Å². The molecular weight excluding hydrogens is 198 g/mol. The Morgan fingerprint density at radius 1 is 1.43 bits per heavy atom. The summed E-state index contributed by atoms with van der Waals surface area (Å²) in [6.07, 6.45) is 3.16. The first-order valence-corrected chi connectivity index (χ1v) is 5.15. The summed E-state index contributed by atoms with van der Waals surface area (Å²) in [6, 6.07) is 5.07. The van der Waals surface area contributed by atoms with E-state index >= 15 is 0 Å². The molecule has 2 nitrogen and oxygen atoms in total. The van der Waals surface area contributed by atoms with Crippen molar-refractivity contribution in [2.75, 3.05) is 5.73 Å². The van der Waals surface area contributed by atoms with Gasteiger partial charge in [0.1, 0.15) is 0 Å². The average Bonchev–Trinajstić information content (AvgIpc) is 2.00. The fourth-order valence-electron chi connectivity index (χ4n) is 1.65. The number of rotatable bonds is 2. The second kappa shape index (κ2) is 3.62. The molecule has 0 spiro atoms. The van der Waals surface area contributed by atoms with Crippen molar-refractivity contribution in [3.05, 3.63) is 28.8 Å². The van der Waals surface area contributed by atoms with Crippen LogP contribution in [0.1, 0.15) is 29.6 Å². The molecular formula is C11H12ClNO. The summed E-state index contributed by atoms with van der Waals surface area (Å²) in [5.41, 5.74) is 6.85. The lowest BCUT2D eigenvalue weighted by molar-refractivity contribution is 0.0856. The molecule has 0 unspecified atom stereocenters. The van der Waals surface area contributed by atoms with Gasteiger partial charge in [0.2, 0.25) is 0 Å². The fraction of sp³-hybridized carbons (Fsp3) is 0.364. The molecule has 1 saturated carbocycles. The van der Waals surface area contributed by atoms with Gasteiger partial charge in [-0.15, -0.1) is 0 Å². The number of ketones is 1. The van der Waals surface area contributed by atoms with Crippen LogP contribution in [0.25, 0.3) is 0 Å². The van der Waals surface area contributed by atoms with Crippen molar-refractivity contribution < 1.29 is 4.79 Å². The van der Waals surface area contributed by atoms with Crippen molar-refractivity contribution >= 4 is 23.1 Å². The standard InChI is InChI=1S/C11H12ClNO/c12-8-4-5-9(10(13)6-8)11(14)7-2-1-3-7/h4-7H,1-3,13H2. The summed E-state index contributed by atoms with van der Waals surface area (Å²) in [6.45, 7) is 0. The molecule has 0 atom stereocenters. The Morgan fingerprint density at radius 3 is 2.64 bits per heavy atom. The Bertz CT molecular complexity index is 372. The van der Waals surface area contributed by atoms with E-state index in [4.69, 9.17) is 17.3 Å². The van der Waals surface area contributed by atoms with E-state index in [0.29, 0.717) is 16.3 Å². The maximum Gasteiger partial charge on any atom is 0.168 e. The maximum atomic E-state index is 11.8. The normalized spacial score (nSPS) is 16.4. The average molecular weight is 210 g/mol. The van der Waals surface area contributed by atoms with Crippen LogP contribution in [0, 0.1) is 5.92 Å². The van der Waals surface area contributed by atoms with E-state index in [1.807, 2.05) is 0 Å². The Kier molecular flexibility index (Phi) is 2.46. The van der Waals surface area contributed by atoms with E-state index in [1.165, 1.54) is 0 Å². The van der Waals surface area contributed by atoms with Crippen LogP contribution in [0.2, 0.25) is 5.02 Å². The van der Waals surface area contributed by atoms with Crippen molar-refractivity contribution in [2.24, 2.45) is 5.92 Å². The molecule has 1 aliphatic carbocycles. The molecule has 1 aromatic carbocycles. The number of hydrogen-bond donors (Lipinski definition) is 1. The van der Waals surface area contributed by atoms with Gasteiger partial charge in [0, 0.05) is 22.2 Å². The number of carbonyl (C=O) groups excluding carboxylic acids is 1. The third-order valence-corrected chi connectivity index (χ3v) is 2.99. The Morgan fingerprint density at radius 2 is 2.14 bits per heavy atom. The minimum Gasteiger partial charge on any atom is -0.398 e. The van der Waals surface area contributed by atoms with Crippen molar-refractivity contribution in [3.8, 4) is 0 Å². The van der Waals surface area contributed by atoms with Crippen molar-refractivity contribution in [1.82, 2.24) is 0 Å². The monoisotopic (exact) mass is 209 g/mol. The third kappa shape index (κ3) is 1.62. The van der Waals surface area contributed by atoms with Gasteiger partial charge >= 0.3 is 0 Å². The van der Waals surface area contributed by atoms with Gasteiger partial charge in [-0.2, -0.15) is 0 Å². The summed E-state index contributed by atoms with van der Waals surface area (Å²) in [4.78, 5) is 11.8. The number of nitrogen functional groups attached to an aromatic ring is 1. The molecule has 0 radical (unpaired) electrons. The summed E-state index contributed by atoms with van der Waals surface area (Å²) >= 11 is 5.76. The van der Waals surface area contributed by atoms with Crippen LogP contribution < -0.4 is 5.73 Å². The highest BCUT2D eigenvalue weighted by atomic mass is 35.5. The van der Waals surface area contributed by atoms with Crippen LogP contribution in [0.15, 0.2) is 18.2 Å². The second-order valence-electron chi connectivity index (χ2n) is 3.72. The first-order chi connectivity index (χ1) is 6.68. The number of halogens is 1. The zero-order chi connectivity index (χ0) is 10.1. The van der Waals surface area contributed by atoms with Crippen LogP contribution >= 0.6 is 11.6 Å². The van der Waals surface area contributed by atoms with Crippen LogP contribution in [0.4, 0.5) is 5.69 Å². The molecule has 1 aromatic rings. The highest BCUT2D eigenvalue weighted by Gasteiger charge is 2.27. The third-order valence-electron chi connectivity index (χ3n) is 2.76. The molecule has 0 aromatic heterocycles. The first kappa shape index (κ1) is 9.53. The Hall–Kier alpha value is -1.02. The number of anilines is 1. The molecule has 0 bridgehead atoms. The largest absolute Gasteiger partial charge is 0.398 e. The number of benzene rings is 1. The minimum absolute atomic E-state index is 0.172. The Labute approximate surface area is 88.1 Å². The SMILES string of the molecule is Nc1cc(Cl)ccc1C(=O)C1CCC1. The topological polar surface area (TPSA) is 43.1 Å². The lowest BCUT2D eigenvalue weighted by Gasteiger charge is -2.24. The van der Waals surface area contributed by atoms with Gasteiger partial charge in [0.15, 0.2) is 5.78 Å². The number of Topliss-reactive ketones (excluding diaryl/α,β-unsaturated/α-hetero) is 1. The van der Waals surface area contributed by atoms with E-state index in [9.17, 15) is 4.79 Å². The van der Waals surface area contributed by atoms with E-state index in [1.54, 1.807) is 18.2 Å². The molecule has 0 heterocycles. The number of nitrogens with two attached hydrogens (primary N) is 1. The summed E-state index contributed by atoms with van der Waals surface area (Å²) in [7, 11) is 0. The van der Waals surface area contributed by atoms with Gasteiger partial charge in [-0.1, -0.05) is 18.0 Å². The van der Waals surface area contributed by atoms with Crippen LogP contribution in [-0.2, 0) is 0 Å². The van der Waals surface area contributed by atoms with Gasteiger partial charge in [-0.3, -0.25) is 4.79 Å². The van der Waals surface area contributed by atoms with Crippen LogP contribution in [0.5, 0.6) is 0 Å². The molecule has 14 heavy (non-hydrogen) atoms. The van der Waals surface area contributed by atoms with Crippen molar-refractivity contribution in [2.45, 2.75) is 19.3 Å². The molecule has 1 aliphatic rings. The number of carbonyl (C=O) groups is 1. The molecule has 0 saturated heterocycles. The second-order valence-corrected chi connectivity index (χ2v) is 4.16. The van der Waals surface area contributed by atoms with Crippen molar-refractivity contribution in [3.63, 3.8) is 0 Å². The smallest absolute Gasteiger partial charge is 0.168 e. The fourth-order valence-corrected chi connectivity index (χ4v) is 1.83. The molecule has 2 N–H and O–H groups in total. The van der Waals surface area contributed by atoms with Gasteiger partial charge in [-0.05, 0) is 31.0 Å². The summed E-state index contributed by atoms with van der Waals surface area (Å²) in [5, 5.41) is 0.577.